The number of ether oxygens (including phenoxy) is 2. The van der Waals surface area contributed by atoms with Crippen LogP contribution in [0, 0.1) is 0 Å². The number of hydrogen-bond acceptors (Lipinski definition) is 4. The molecule has 6 heteroatoms. The number of para-hydroxylation sites is 1. The van der Waals surface area contributed by atoms with Crippen molar-refractivity contribution in [3.05, 3.63) is 52.5 Å². The maximum absolute atomic E-state index is 12.6. The van der Waals surface area contributed by atoms with Crippen molar-refractivity contribution in [3.63, 3.8) is 0 Å². The quantitative estimate of drug-likeness (QED) is 0.911. The maximum Gasteiger partial charge on any atom is 0.257 e. The summed E-state index contributed by atoms with van der Waals surface area (Å²) in [7, 11) is 3.31. The number of halogens is 1. The Morgan fingerprint density at radius 3 is 2.75 bits per heavy atom. The average Bonchev–Trinajstić information content (AvgIpc) is 2.58. The molecule has 5 nitrogen and oxygen atoms in total. The SMILES string of the molecule is CCOc1cc(C2Nc3ccccc3C(=O)N2C)cc(Cl)c1OC. The normalized spacial score (nSPS) is 16.4. The molecule has 0 aromatic heterocycles. The number of fused-ring (bicyclic) bond motifs is 1. The Labute approximate surface area is 146 Å². The number of nitrogens with zero attached hydrogens (tertiary/aromatic N) is 1. The molecule has 3 rings (SSSR count). The Morgan fingerprint density at radius 1 is 1.29 bits per heavy atom. The van der Waals surface area contributed by atoms with E-state index in [4.69, 9.17) is 21.1 Å². The Hall–Kier alpha value is -2.40. The predicted octanol–water partition coefficient (Wildman–Crippen LogP) is 3.94. The van der Waals surface area contributed by atoms with Crippen molar-refractivity contribution >= 4 is 23.2 Å². The third-order valence-electron chi connectivity index (χ3n) is 4.01. The lowest BCUT2D eigenvalue weighted by atomic mass is 10.0. The zero-order valence-corrected chi connectivity index (χ0v) is 14.6. The molecule has 0 radical (unpaired) electrons. The molecular weight excluding hydrogens is 328 g/mol. The van der Waals surface area contributed by atoms with Crippen LogP contribution in [0.25, 0.3) is 0 Å². The summed E-state index contributed by atoms with van der Waals surface area (Å²) in [6.07, 6.45) is -0.338. The first-order chi connectivity index (χ1) is 11.6. The number of amides is 1. The second-order valence-electron chi connectivity index (χ2n) is 5.48. The van der Waals surface area contributed by atoms with Crippen molar-refractivity contribution in [3.8, 4) is 11.5 Å². The van der Waals surface area contributed by atoms with Gasteiger partial charge in [-0.15, -0.1) is 0 Å². The van der Waals surface area contributed by atoms with Gasteiger partial charge in [0.25, 0.3) is 5.91 Å². The Morgan fingerprint density at radius 2 is 2.04 bits per heavy atom. The number of carbonyl (C=O) groups excluding carboxylic acids is 1. The molecule has 1 atom stereocenters. The minimum absolute atomic E-state index is 0.0424. The van der Waals surface area contributed by atoms with Gasteiger partial charge in [0.05, 0.1) is 24.3 Å². The van der Waals surface area contributed by atoms with Gasteiger partial charge in [-0.1, -0.05) is 23.7 Å². The third kappa shape index (κ3) is 2.76. The third-order valence-corrected chi connectivity index (χ3v) is 4.29. The van der Waals surface area contributed by atoms with Crippen LogP contribution in [0.2, 0.25) is 5.02 Å². The van der Waals surface area contributed by atoms with Gasteiger partial charge in [-0.25, -0.2) is 0 Å². The van der Waals surface area contributed by atoms with Crippen molar-refractivity contribution in [2.75, 3.05) is 26.1 Å². The van der Waals surface area contributed by atoms with Gasteiger partial charge in [-0.3, -0.25) is 4.79 Å². The molecule has 1 N–H and O–H groups in total. The zero-order valence-electron chi connectivity index (χ0n) is 13.8. The molecule has 1 aliphatic heterocycles. The van der Waals surface area contributed by atoms with Crippen LogP contribution in [0.4, 0.5) is 5.69 Å². The highest BCUT2D eigenvalue weighted by Crippen LogP contribution is 2.40. The van der Waals surface area contributed by atoms with Gasteiger partial charge in [0, 0.05) is 18.3 Å². The summed E-state index contributed by atoms with van der Waals surface area (Å²) < 4.78 is 10.9. The fourth-order valence-corrected chi connectivity index (χ4v) is 3.16. The molecule has 1 heterocycles. The molecule has 24 heavy (non-hydrogen) atoms. The number of hydrogen-bond donors (Lipinski definition) is 1. The van der Waals surface area contributed by atoms with Crippen LogP contribution in [0.5, 0.6) is 11.5 Å². The number of benzene rings is 2. The topological polar surface area (TPSA) is 50.8 Å². The molecule has 1 aliphatic rings. The molecule has 1 unspecified atom stereocenters. The van der Waals surface area contributed by atoms with Crippen molar-refractivity contribution in [2.45, 2.75) is 13.1 Å². The van der Waals surface area contributed by atoms with Gasteiger partial charge in [0.2, 0.25) is 0 Å². The summed E-state index contributed by atoms with van der Waals surface area (Å²) in [6.45, 7) is 2.39. The first-order valence-electron chi connectivity index (χ1n) is 7.69. The fraction of sp³-hybridized carbons (Fsp3) is 0.278. The monoisotopic (exact) mass is 346 g/mol. The minimum Gasteiger partial charge on any atom is -0.491 e. The zero-order chi connectivity index (χ0) is 17.3. The lowest BCUT2D eigenvalue weighted by Crippen LogP contribution is -2.40. The number of anilines is 1. The molecule has 1 amide bonds. The Kier molecular flexibility index (Phi) is 4.53. The molecule has 0 spiro atoms. The van der Waals surface area contributed by atoms with Gasteiger partial charge < -0.3 is 19.7 Å². The summed E-state index contributed by atoms with van der Waals surface area (Å²) in [4.78, 5) is 14.3. The number of rotatable bonds is 4. The maximum atomic E-state index is 12.6. The summed E-state index contributed by atoms with van der Waals surface area (Å²) in [5, 5.41) is 3.82. The van der Waals surface area contributed by atoms with Crippen molar-refractivity contribution < 1.29 is 14.3 Å². The van der Waals surface area contributed by atoms with Crippen LogP contribution in [0.15, 0.2) is 36.4 Å². The highest BCUT2D eigenvalue weighted by molar-refractivity contribution is 6.32. The molecule has 2 aromatic carbocycles. The summed E-state index contributed by atoms with van der Waals surface area (Å²) in [5.41, 5.74) is 2.28. The highest BCUT2D eigenvalue weighted by Gasteiger charge is 2.31. The molecule has 2 aromatic rings. The number of carbonyl (C=O) groups is 1. The van der Waals surface area contributed by atoms with Gasteiger partial charge in [-0.2, -0.15) is 0 Å². The molecule has 0 aliphatic carbocycles. The van der Waals surface area contributed by atoms with Gasteiger partial charge in [-0.05, 0) is 31.2 Å². The second-order valence-corrected chi connectivity index (χ2v) is 5.88. The summed E-state index contributed by atoms with van der Waals surface area (Å²) in [5.74, 6) is 1.01. The fourth-order valence-electron chi connectivity index (χ4n) is 2.86. The number of nitrogens with one attached hydrogen (secondary N) is 1. The first kappa shape index (κ1) is 16.5. The van der Waals surface area contributed by atoms with Crippen molar-refractivity contribution in [2.24, 2.45) is 0 Å². The average molecular weight is 347 g/mol. The van der Waals surface area contributed by atoms with E-state index in [1.54, 1.807) is 25.1 Å². The van der Waals surface area contributed by atoms with E-state index in [1.165, 1.54) is 0 Å². The van der Waals surface area contributed by atoms with E-state index in [0.717, 1.165) is 11.3 Å². The van der Waals surface area contributed by atoms with Crippen LogP contribution >= 0.6 is 11.6 Å². The Balaban J connectivity index is 2.04. The standard InChI is InChI=1S/C18H19ClN2O3/c1-4-24-15-10-11(9-13(19)16(15)23-3)17-20-14-8-6-5-7-12(14)18(22)21(17)2/h5-10,17,20H,4H2,1-3H3. The second kappa shape index (κ2) is 6.61. The van der Waals surface area contributed by atoms with Crippen molar-refractivity contribution in [1.29, 1.82) is 0 Å². The van der Waals surface area contributed by atoms with Crippen LogP contribution in [-0.2, 0) is 0 Å². The van der Waals surface area contributed by atoms with Crippen molar-refractivity contribution in [1.82, 2.24) is 4.90 Å². The van der Waals surface area contributed by atoms with Crippen LogP contribution in [0.1, 0.15) is 29.0 Å². The van der Waals surface area contributed by atoms with E-state index >= 15 is 0 Å². The minimum atomic E-state index is -0.338. The van der Waals surface area contributed by atoms with Gasteiger partial charge in [0.1, 0.15) is 6.17 Å². The van der Waals surface area contributed by atoms with Crippen LogP contribution in [0.3, 0.4) is 0 Å². The summed E-state index contributed by atoms with van der Waals surface area (Å²) >= 11 is 6.34. The molecule has 0 bridgehead atoms. The van der Waals surface area contributed by atoms with E-state index in [9.17, 15) is 4.79 Å². The number of methoxy groups -OCH3 is 1. The predicted molar refractivity (Wildman–Crippen MR) is 94.1 cm³/mol. The first-order valence-corrected chi connectivity index (χ1v) is 8.07. The molecule has 0 saturated carbocycles. The van der Waals surface area contributed by atoms with Crippen LogP contribution < -0.4 is 14.8 Å². The van der Waals surface area contributed by atoms with Crippen LogP contribution in [-0.4, -0.2) is 31.6 Å². The lowest BCUT2D eigenvalue weighted by molar-refractivity contribution is 0.0735. The largest absolute Gasteiger partial charge is 0.491 e. The molecule has 0 fully saturated rings. The highest BCUT2D eigenvalue weighted by atomic mass is 35.5. The van der Waals surface area contributed by atoms with E-state index < -0.39 is 0 Å². The molecule has 0 saturated heterocycles. The summed E-state index contributed by atoms with van der Waals surface area (Å²) in [6, 6.07) is 11.1. The lowest BCUT2D eigenvalue weighted by Gasteiger charge is -2.35. The molecule has 126 valence electrons. The van der Waals surface area contributed by atoms with Gasteiger partial charge >= 0.3 is 0 Å². The van der Waals surface area contributed by atoms with E-state index in [-0.39, 0.29) is 12.1 Å². The smallest absolute Gasteiger partial charge is 0.257 e. The van der Waals surface area contributed by atoms with E-state index in [2.05, 4.69) is 5.32 Å². The van der Waals surface area contributed by atoms with E-state index in [0.29, 0.717) is 28.7 Å². The van der Waals surface area contributed by atoms with E-state index in [1.807, 2.05) is 37.3 Å². The van der Waals surface area contributed by atoms with Gasteiger partial charge in [0.15, 0.2) is 11.5 Å². The Bertz CT molecular complexity index is 779. The molecular formula is C18H19ClN2O3.